The van der Waals surface area contributed by atoms with Crippen molar-refractivity contribution in [2.75, 3.05) is 6.54 Å². The predicted octanol–water partition coefficient (Wildman–Crippen LogP) is 2.11. The van der Waals surface area contributed by atoms with Crippen LogP contribution in [0.25, 0.3) is 0 Å². The fourth-order valence-corrected chi connectivity index (χ4v) is 3.60. The Morgan fingerprint density at radius 1 is 1.50 bits per heavy atom. The Bertz CT molecular complexity index is 534. The summed E-state index contributed by atoms with van der Waals surface area (Å²) in [5.74, 6) is 0.205. The van der Waals surface area contributed by atoms with E-state index < -0.39 is 11.3 Å². The summed E-state index contributed by atoms with van der Waals surface area (Å²) in [5, 5.41) is 4.77. The van der Waals surface area contributed by atoms with Gasteiger partial charge in [0.1, 0.15) is 0 Å². The summed E-state index contributed by atoms with van der Waals surface area (Å²) in [4.78, 5) is 24.9. The molecule has 0 saturated heterocycles. The smallest absolute Gasteiger partial charge is 0.252 e. The van der Waals surface area contributed by atoms with Crippen molar-refractivity contribution in [3.05, 3.63) is 21.4 Å². The number of carbonyl (C=O) groups excluding carboxylic acids is 2. The molecule has 1 heterocycles. The summed E-state index contributed by atoms with van der Waals surface area (Å²) in [7, 11) is 0. The van der Waals surface area contributed by atoms with E-state index in [2.05, 4.69) is 12.2 Å². The first-order valence-electron chi connectivity index (χ1n) is 6.98. The van der Waals surface area contributed by atoms with Gasteiger partial charge in [0.25, 0.3) is 5.91 Å². The minimum Gasteiger partial charge on any atom is -0.369 e. The maximum atomic E-state index is 12.3. The number of primary amides is 1. The van der Waals surface area contributed by atoms with Crippen molar-refractivity contribution in [2.24, 2.45) is 17.1 Å². The van der Waals surface area contributed by atoms with Gasteiger partial charge in [-0.05, 0) is 44.6 Å². The van der Waals surface area contributed by atoms with Crippen LogP contribution in [0.3, 0.4) is 0 Å². The van der Waals surface area contributed by atoms with Crippen LogP contribution >= 0.6 is 11.3 Å². The van der Waals surface area contributed by atoms with Crippen molar-refractivity contribution in [1.29, 1.82) is 0 Å². The van der Waals surface area contributed by atoms with Gasteiger partial charge in [-0.1, -0.05) is 6.92 Å². The second-order valence-electron chi connectivity index (χ2n) is 6.33. The summed E-state index contributed by atoms with van der Waals surface area (Å²) in [6.07, 6.45) is 3.18. The van der Waals surface area contributed by atoms with Crippen molar-refractivity contribution >= 4 is 23.2 Å². The number of nitrogens with one attached hydrogen (secondary N) is 1. The summed E-state index contributed by atoms with van der Waals surface area (Å²) in [6.45, 7) is 5.99. The van der Waals surface area contributed by atoms with Crippen LogP contribution in [0, 0.1) is 11.3 Å². The molecular weight excluding hydrogens is 272 g/mol. The molecular formula is C15H22N2O2S. The maximum Gasteiger partial charge on any atom is 0.252 e. The van der Waals surface area contributed by atoms with E-state index in [1.165, 1.54) is 10.4 Å². The molecule has 20 heavy (non-hydrogen) atoms. The van der Waals surface area contributed by atoms with Gasteiger partial charge in [0.15, 0.2) is 0 Å². The second-order valence-corrected chi connectivity index (χ2v) is 7.29. The van der Waals surface area contributed by atoms with Gasteiger partial charge in [-0.3, -0.25) is 9.59 Å². The minimum atomic E-state index is -0.722. The van der Waals surface area contributed by atoms with Crippen molar-refractivity contribution in [3.63, 3.8) is 0 Å². The Morgan fingerprint density at radius 3 is 2.85 bits per heavy atom. The molecule has 5 heteroatoms. The molecule has 1 aromatic rings. The molecule has 1 aliphatic rings. The lowest BCUT2D eigenvalue weighted by molar-refractivity contribution is -0.125. The first kappa shape index (κ1) is 15.0. The van der Waals surface area contributed by atoms with Gasteiger partial charge >= 0.3 is 0 Å². The van der Waals surface area contributed by atoms with E-state index in [1.54, 1.807) is 25.2 Å². The summed E-state index contributed by atoms with van der Waals surface area (Å²) < 4.78 is 0. The number of nitrogens with two attached hydrogens (primary N) is 1. The number of hydrogen-bond acceptors (Lipinski definition) is 3. The summed E-state index contributed by atoms with van der Waals surface area (Å²) in [5.41, 5.74) is 6.56. The van der Waals surface area contributed by atoms with Gasteiger partial charge in [0, 0.05) is 16.8 Å². The van der Waals surface area contributed by atoms with E-state index in [9.17, 15) is 9.59 Å². The predicted molar refractivity (Wildman–Crippen MR) is 80.8 cm³/mol. The molecule has 1 atom stereocenters. The third-order valence-electron chi connectivity index (χ3n) is 4.00. The SMILES string of the molecule is CC1CCc2c(C(=O)NCC(C)(C)C(N)=O)csc2C1. The van der Waals surface area contributed by atoms with Gasteiger partial charge in [0.2, 0.25) is 5.91 Å². The Kier molecular flexibility index (Phi) is 4.18. The van der Waals surface area contributed by atoms with Crippen LogP contribution in [0.15, 0.2) is 5.38 Å². The molecule has 0 saturated carbocycles. The highest BCUT2D eigenvalue weighted by atomic mass is 32.1. The van der Waals surface area contributed by atoms with Crippen LogP contribution in [-0.2, 0) is 17.6 Å². The zero-order valence-electron chi connectivity index (χ0n) is 12.3. The lowest BCUT2D eigenvalue weighted by Crippen LogP contribution is -2.42. The molecule has 110 valence electrons. The molecule has 0 aromatic carbocycles. The van der Waals surface area contributed by atoms with Crippen LogP contribution in [0.4, 0.5) is 0 Å². The first-order chi connectivity index (χ1) is 9.31. The van der Waals surface area contributed by atoms with E-state index in [-0.39, 0.29) is 12.5 Å². The molecule has 2 amide bonds. The molecule has 0 aliphatic heterocycles. The van der Waals surface area contributed by atoms with E-state index in [1.807, 2.05) is 5.38 Å². The monoisotopic (exact) mass is 294 g/mol. The Balaban J connectivity index is 2.06. The topological polar surface area (TPSA) is 72.2 Å². The molecule has 0 spiro atoms. The van der Waals surface area contributed by atoms with Gasteiger partial charge in [0.05, 0.1) is 11.0 Å². The van der Waals surface area contributed by atoms with E-state index in [4.69, 9.17) is 5.73 Å². The average Bonchev–Trinajstić information content (AvgIpc) is 2.78. The van der Waals surface area contributed by atoms with E-state index in [0.29, 0.717) is 5.92 Å². The number of carbonyl (C=O) groups is 2. The van der Waals surface area contributed by atoms with Crippen molar-refractivity contribution < 1.29 is 9.59 Å². The Labute approximate surface area is 123 Å². The highest BCUT2D eigenvalue weighted by Crippen LogP contribution is 2.32. The zero-order valence-corrected chi connectivity index (χ0v) is 13.1. The molecule has 3 N–H and O–H groups in total. The standard InChI is InChI=1S/C15H22N2O2S/c1-9-4-5-10-11(7-20-12(10)6-9)13(18)17-8-15(2,3)14(16)19/h7,9H,4-6,8H2,1-3H3,(H2,16,19)(H,17,18). The van der Waals surface area contributed by atoms with Crippen molar-refractivity contribution in [3.8, 4) is 0 Å². The largest absolute Gasteiger partial charge is 0.369 e. The molecule has 1 aliphatic carbocycles. The molecule has 1 unspecified atom stereocenters. The first-order valence-corrected chi connectivity index (χ1v) is 7.86. The normalized spacial score (nSPS) is 18.4. The summed E-state index contributed by atoms with van der Waals surface area (Å²) >= 11 is 1.67. The highest BCUT2D eigenvalue weighted by Gasteiger charge is 2.27. The lowest BCUT2D eigenvalue weighted by atomic mass is 9.88. The van der Waals surface area contributed by atoms with Gasteiger partial charge in [-0.15, -0.1) is 11.3 Å². The summed E-state index contributed by atoms with van der Waals surface area (Å²) in [6, 6.07) is 0. The number of rotatable bonds is 4. The molecule has 0 radical (unpaired) electrons. The molecule has 2 rings (SSSR count). The van der Waals surface area contributed by atoms with E-state index >= 15 is 0 Å². The van der Waals surface area contributed by atoms with E-state index in [0.717, 1.165) is 24.8 Å². The molecule has 0 bridgehead atoms. The quantitative estimate of drug-likeness (QED) is 0.892. The van der Waals surface area contributed by atoms with Crippen molar-refractivity contribution in [1.82, 2.24) is 5.32 Å². The third-order valence-corrected chi connectivity index (χ3v) is 5.06. The number of fused-ring (bicyclic) bond motifs is 1. The Morgan fingerprint density at radius 2 is 2.20 bits per heavy atom. The number of amides is 2. The zero-order chi connectivity index (χ0) is 14.9. The van der Waals surface area contributed by atoms with Gasteiger partial charge < -0.3 is 11.1 Å². The van der Waals surface area contributed by atoms with Gasteiger partial charge in [-0.2, -0.15) is 0 Å². The fraction of sp³-hybridized carbons (Fsp3) is 0.600. The highest BCUT2D eigenvalue weighted by molar-refractivity contribution is 7.10. The minimum absolute atomic E-state index is 0.0913. The number of thiophene rings is 1. The van der Waals surface area contributed by atoms with Crippen LogP contribution in [0.1, 0.15) is 48.0 Å². The number of hydrogen-bond donors (Lipinski definition) is 2. The second kappa shape index (κ2) is 5.56. The van der Waals surface area contributed by atoms with Crippen LogP contribution < -0.4 is 11.1 Å². The van der Waals surface area contributed by atoms with Crippen LogP contribution in [-0.4, -0.2) is 18.4 Å². The van der Waals surface area contributed by atoms with Crippen molar-refractivity contribution in [2.45, 2.75) is 40.0 Å². The fourth-order valence-electron chi connectivity index (χ4n) is 2.35. The van der Waals surface area contributed by atoms with Crippen LogP contribution in [0.2, 0.25) is 0 Å². The lowest BCUT2D eigenvalue weighted by Gasteiger charge is -2.22. The molecule has 1 aromatic heterocycles. The average molecular weight is 294 g/mol. The Hall–Kier alpha value is -1.36. The third kappa shape index (κ3) is 3.03. The van der Waals surface area contributed by atoms with Gasteiger partial charge in [-0.25, -0.2) is 0 Å². The molecule has 0 fully saturated rings. The maximum absolute atomic E-state index is 12.3. The van der Waals surface area contributed by atoms with Crippen LogP contribution in [0.5, 0.6) is 0 Å². The molecule has 4 nitrogen and oxygen atoms in total.